The highest BCUT2D eigenvalue weighted by molar-refractivity contribution is 5.30. The number of nitrogens with one attached hydrogen (secondary N) is 1. The highest BCUT2D eigenvalue weighted by Gasteiger charge is 2.28. The second-order valence-electron chi connectivity index (χ2n) is 5.84. The molecule has 2 heterocycles. The predicted molar refractivity (Wildman–Crippen MR) is 76.6 cm³/mol. The number of anilines is 1. The van der Waals surface area contributed by atoms with Crippen molar-refractivity contribution in [1.82, 2.24) is 14.9 Å². The van der Waals surface area contributed by atoms with Crippen LogP contribution in [0.25, 0.3) is 0 Å². The van der Waals surface area contributed by atoms with Crippen LogP contribution >= 0.6 is 0 Å². The van der Waals surface area contributed by atoms with E-state index in [0.717, 1.165) is 25.3 Å². The summed E-state index contributed by atoms with van der Waals surface area (Å²) in [5.41, 5.74) is 1.25. The van der Waals surface area contributed by atoms with Crippen LogP contribution in [-0.4, -0.2) is 48.7 Å². The van der Waals surface area contributed by atoms with Crippen molar-refractivity contribution >= 4 is 5.95 Å². The quantitative estimate of drug-likeness (QED) is 0.900. The zero-order valence-electron chi connectivity index (χ0n) is 12.4. The van der Waals surface area contributed by atoms with E-state index in [2.05, 4.69) is 34.2 Å². The van der Waals surface area contributed by atoms with Gasteiger partial charge < -0.3 is 15.0 Å². The van der Waals surface area contributed by atoms with Crippen molar-refractivity contribution in [2.45, 2.75) is 26.7 Å². The number of ether oxygens (including phenoxy) is 1. The van der Waals surface area contributed by atoms with E-state index in [4.69, 9.17) is 4.74 Å². The Bertz CT molecular complexity index is 427. The first-order valence-corrected chi connectivity index (χ1v) is 6.83. The second kappa shape index (κ2) is 5.74. The number of nitrogens with zero attached hydrogens (tertiary/aromatic N) is 3. The van der Waals surface area contributed by atoms with Gasteiger partial charge in [-0.05, 0) is 45.3 Å². The van der Waals surface area contributed by atoms with Gasteiger partial charge in [0.15, 0.2) is 0 Å². The lowest BCUT2D eigenvalue weighted by Gasteiger charge is -2.37. The normalized spacial score (nSPS) is 19.2. The summed E-state index contributed by atoms with van der Waals surface area (Å²) in [4.78, 5) is 11.1. The van der Waals surface area contributed by atoms with Crippen molar-refractivity contribution in [2.75, 3.05) is 39.1 Å². The summed E-state index contributed by atoms with van der Waals surface area (Å²) in [6.07, 6.45) is 2.42. The molecule has 1 aromatic heterocycles. The maximum absolute atomic E-state index is 5.17. The van der Waals surface area contributed by atoms with Crippen molar-refractivity contribution in [3.63, 3.8) is 0 Å². The maximum atomic E-state index is 5.17. The summed E-state index contributed by atoms with van der Waals surface area (Å²) in [6, 6.07) is 1.84. The Morgan fingerprint density at radius 3 is 2.68 bits per heavy atom. The van der Waals surface area contributed by atoms with Crippen molar-refractivity contribution in [3.8, 4) is 5.88 Å². The minimum absolute atomic E-state index is 0.326. The summed E-state index contributed by atoms with van der Waals surface area (Å²) in [5.74, 6) is 1.28. The van der Waals surface area contributed by atoms with Gasteiger partial charge in [0.25, 0.3) is 0 Å². The molecule has 0 saturated carbocycles. The third-order valence-corrected chi connectivity index (χ3v) is 3.91. The van der Waals surface area contributed by atoms with Crippen LogP contribution in [0.4, 0.5) is 5.95 Å². The van der Waals surface area contributed by atoms with Gasteiger partial charge in [-0.25, -0.2) is 4.98 Å². The Morgan fingerprint density at radius 2 is 2.05 bits per heavy atom. The van der Waals surface area contributed by atoms with Crippen LogP contribution in [0.3, 0.4) is 0 Å². The average molecular weight is 264 g/mol. The molecule has 0 unspecified atom stereocenters. The fourth-order valence-electron chi connectivity index (χ4n) is 2.35. The molecular formula is C14H24N4O. The van der Waals surface area contributed by atoms with Crippen LogP contribution in [0.2, 0.25) is 0 Å². The van der Waals surface area contributed by atoms with Gasteiger partial charge in [0.2, 0.25) is 11.8 Å². The molecule has 1 aromatic rings. The molecular weight excluding hydrogens is 240 g/mol. The molecule has 5 heteroatoms. The van der Waals surface area contributed by atoms with Crippen LogP contribution in [-0.2, 0) is 0 Å². The lowest BCUT2D eigenvalue weighted by atomic mass is 9.80. The number of methoxy groups -OCH3 is 1. The van der Waals surface area contributed by atoms with E-state index in [1.807, 2.05) is 13.0 Å². The van der Waals surface area contributed by atoms with E-state index in [0.29, 0.717) is 17.2 Å². The number of piperidine rings is 1. The molecule has 106 valence electrons. The van der Waals surface area contributed by atoms with Crippen LogP contribution < -0.4 is 10.1 Å². The van der Waals surface area contributed by atoms with Gasteiger partial charge in [-0.2, -0.15) is 4.98 Å². The molecule has 1 fully saturated rings. The first-order chi connectivity index (χ1) is 9.00. The Kier molecular flexibility index (Phi) is 4.24. The summed E-state index contributed by atoms with van der Waals surface area (Å²) < 4.78 is 5.17. The zero-order valence-corrected chi connectivity index (χ0v) is 12.4. The van der Waals surface area contributed by atoms with E-state index in [-0.39, 0.29) is 0 Å². The fraction of sp³-hybridized carbons (Fsp3) is 0.714. The third kappa shape index (κ3) is 3.80. The second-order valence-corrected chi connectivity index (χ2v) is 5.84. The van der Waals surface area contributed by atoms with Crippen LogP contribution in [0.5, 0.6) is 5.88 Å². The van der Waals surface area contributed by atoms with Crippen molar-refractivity contribution in [1.29, 1.82) is 0 Å². The number of hydrogen-bond acceptors (Lipinski definition) is 5. The molecule has 0 aliphatic carbocycles. The molecule has 0 radical (unpaired) electrons. The highest BCUT2D eigenvalue weighted by atomic mass is 16.5. The van der Waals surface area contributed by atoms with Gasteiger partial charge in [-0.3, -0.25) is 0 Å². The van der Waals surface area contributed by atoms with Gasteiger partial charge in [0, 0.05) is 18.3 Å². The molecule has 1 aliphatic rings. The molecule has 0 spiro atoms. The number of rotatable bonds is 4. The van der Waals surface area contributed by atoms with Gasteiger partial charge >= 0.3 is 0 Å². The largest absolute Gasteiger partial charge is 0.481 e. The SMILES string of the molecule is COc1cc(C)nc(NCC2(C)CCN(C)CC2)n1. The molecule has 0 bridgehead atoms. The van der Waals surface area contributed by atoms with Gasteiger partial charge in [0.05, 0.1) is 7.11 Å². The van der Waals surface area contributed by atoms with Crippen LogP contribution in [0, 0.1) is 12.3 Å². The van der Waals surface area contributed by atoms with E-state index in [1.54, 1.807) is 7.11 Å². The van der Waals surface area contributed by atoms with Crippen molar-refractivity contribution < 1.29 is 4.74 Å². The van der Waals surface area contributed by atoms with E-state index in [1.165, 1.54) is 12.8 Å². The molecule has 0 aromatic carbocycles. The summed E-state index contributed by atoms with van der Waals surface area (Å²) in [7, 11) is 3.81. The van der Waals surface area contributed by atoms with Crippen molar-refractivity contribution in [3.05, 3.63) is 11.8 Å². The highest BCUT2D eigenvalue weighted by Crippen LogP contribution is 2.30. The molecule has 1 aliphatic heterocycles. The van der Waals surface area contributed by atoms with Crippen molar-refractivity contribution in [2.24, 2.45) is 5.41 Å². The molecule has 0 amide bonds. The molecule has 1 saturated heterocycles. The first kappa shape index (κ1) is 14.1. The van der Waals surface area contributed by atoms with Gasteiger partial charge in [-0.15, -0.1) is 0 Å². The maximum Gasteiger partial charge on any atom is 0.226 e. The Hall–Kier alpha value is -1.36. The van der Waals surface area contributed by atoms with Crippen LogP contribution in [0.15, 0.2) is 6.07 Å². The monoisotopic (exact) mass is 264 g/mol. The fourth-order valence-corrected chi connectivity index (χ4v) is 2.35. The van der Waals surface area contributed by atoms with E-state index >= 15 is 0 Å². The Labute approximate surface area is 115 Å². The van der Waals surface area contributed by atoms with E-state index in [9.17, 15) is 0 Å². The molecule has 19 heavy (non-hydrogen) atoms. The summed E-state index contributed by atoms with van der Waals surface area (Å²) in [6.45, 7) is 7.52. The van der Waals surface area contributed by atoms with Gasteiger partial charge in [0.1, 0.15) is 0 Å². The zero-order chi connectivity index (χ0) is 13.9. The number of aromatic nitrogens is 2. The smallest absolute Gasteiger partial charge is 0.226 e. The lowest BCUT2D eigenvalue weighted by molar-refractivity contribution is 0.150. The third-order valence-electron chi connectivity index (χ3n) is 3.91. The minimum atomic E-state index is 0.326. The topological polar surface area (TPSA) is 50.3 Å². The van der Waals surface area contributed by atoms with Crippen LogP contribution in [0.1, 0.15) is 25.5 Å². The Balaban J connectivity index is 1.96. The number of likely N-dealkylation sites (tertiary alicyclic amines) is 1. The number of aryl methyl sites for hydroxylation is 1. The first-order valence-electron chi connectivity index (χ1n) is 6.83. The molecule has 5 nitrogen and oxygen atoms in total. The standard InChI is InChI=1S/C14H24N4O/c1-11-9-12(19-4)17-13(16-11)15-10-14(2)5-7-18(3)8-6-14/h9H,5-8,10H2,1-4H3,(H,15,16,17). The molecule has 1 N–H and O–H groups in total. The molecule has 2 rings (SSSR count). The van der Waals surface area contributed by atoms with Gasteiger partial charge in [-0.1, -0.05) is 6.92 Å². The minimum Gasteiger partial charge on any atom is -0.481 e. The predicted octanol–water partition coefficient (Wildman–Crippen LogP) is 1.94. The average Bonchev–Trinajstić information content (AvgIpc) is 2.40. The number of hydrogen-bond donors (Lipinski definition) is 1. The summed E-state index contributed by atoms with van der Waals surface area (Å²) in [5, 5.41) is 3.36. The summed E-state index contributed by atoms with van der Waals surface area (Å²) >= 11 is 0. The molecule has 0 atom stereocenters. The Morgan fingerprint density at radius 1 is 1.37 bits per heavy atom. The lowest BCUT2D eigenvalue weighted by Crippen LogP contribution is -2.40. The van der Waals surface area contributed by atoms with E-state index < -0.39 is 0 Å².